The second-order valence-corrected chi connectivity index (χ2v) is 7.51. The van der Waals surface area contributed by atoms with E-state index >= 15 is 0 Å². The van der Waals surface area contributed by atoms with Gasteiger partial charge in [0.2, 0.25) is 0 Å². The molecule has 3 N–H and O–H groups in total. The van der Waals surface area contributed by atoms with Gasteiger partial charge in [-0.1, -0.05) is 34.6 Å². The molecule has 1 aromatic rings. The lowest BCUT2D eigenvalue weighted by Crippen LogP contribution is -2.44. The van der Waals surface area contributed by atoms with Crippen molar-refractivity contribution >= 4 is 17.4 Å². The SMILES string of the molecule is CC(C)C(CCO)NC(=O)NCc1nc(C(C)(C)C)cs1. The molecule has 0 aliphatic heterocycles. The summed E-state index contributed by atoms with van der Waals surface area (Å²) in [5, 5.41) is 17.7. The van der Waals surface area contributed by atoms with E-state index in [1.54, 1.807) is 11.3 Å². The Kier molecular flexibility index (Phi) is 6.61. The number of hydrogen-bond acceptors (Lipinski definition) is 4. The molecule has 120 valence electrons. The Morgan fingerprint density at radius 1 is 1.43 bits per heavy atom. The van der Waals surface area contributed by atoms with Gasteiger partial charge in [0.15, 0.2) is 0 Å². The molecule has 0 saturated heterocycles. The van der Waals surface area contributed by atoms with Gasteiger partial charge in [-0.15, -0.1) is 11.3 Å². The minimum atomic E-state index is -0.213. The zero-order valence-corrected chi connectivity index (χ0v) is 14.4. The topological polar surface area (TPSA) is 74.2 Å². The third-order valence-corrected chi connectivity index (χ3v) is 4.13. The first kappa shape index (κ1) is 17.9. The van der Waals surface area contributed by atoms with Crippen molar-refractivity contribution in [3.63, 3.8) is 0 Å². The van der Waals surface area contributed by atoms with Gasteiger partial charge in [0.1, 0.15) is 5.01 Å². The summed E-state index contributed by atoms with van der Waals surface area (Å²) in [6.45, 7) is 10.9. The Hall–Kier alpha value is -1.14. The van der Waals surface area contributed by atoms with Crippen LogP contribution in [0.1, 0.15) is 51.7 Å². The molecule has 0 aliphatic carbocycles. The minimum absolute atomic E-state index is 0.0172. The van der Waals surface area contributed by atoms with Gasteiger partial charge in [-0.3, -0.25) is 0 Å². The molecule has 1 aromatic heterocycles. The number of rotatable bonds is 6. The van der Waals surface area contributed by atoms with Crippen molar-refractivity contribution in [3.8, 4) is 0 Å². The summed E-state index contributed by atoms with van der Waals surface area (Å²) in [4.78, 5) is 16.4. The highest BCUT2D eigenvalue weighted by atomic mass is 32.1. The summed E-state index contributed by atoms with van der Waals surface area (Å²) >= 11 is 1.56. The van der Waals surface area contributed by atoms with Crippen LogP contribution in [-0.4, -0.2) is 28.8 Å². The van der Waals surface area contributed by atoms with Crippen molar-refractivity contribution in [1.29, 1.82) is 0 Å². The van der Waals surface area contributed by atoms with Crippen LogP contribution in [0.3, 0.4) is 0 Å². The number of carbonyl (C=O) groups is 1. The van der Waals surface area contributed by atoms with Crippen LogP contribution in [0.4, 0.5) is 4.79 Å². The molecule has 6 heteroatoms. The lowest BCUT2D eigenvalue weighted by Gasteiger charge is -2.21. The first-order valence-corrected chi connectivity index (χ1v) is 8.22. The van der Waals surface area contributed by atoms with Crippen LogP contribution >= 0.6 is 11.3 Å². The van der Waals surface area contributed by atoms with E-state index in [0.29, 0.717) is 13.0 Å². The van der Waals surface area contributed by atoms with Gasteiger partial charge in [-0.2, -0.15) is 0 Å². The molecule has 1 unspecified atom stereocenters. The number of aromatic nitrogens is 1. The molecule has 0 aromatic carbocycles. The molecule has 0 aliphatic rings. The molecule has 1 heterocycles. The number of thiazole rings is 1. The molecule has 0 saturated carbocycles. The van der Waals surface area contributed by atoms with Crippen LogP contribution in [0, 0.1) is 5.92 Å². The van der Waals surface area contributed by atoms with E-state index in [2.05, 4.69) is 36.4 Å². The third kappa shape index (κ3) is 6.01. The molecule has 21 heavy (non-hydrogen) atoms. The van der Waals surface area contributed by atoms with E-state index < -0.39 is 0 Å². The van der Waals surface area contributed by atoms with E-state index in [1.807, 2.05) is 19.2 Å². The predicted octanol–water partition coefficient (Wildman–Crippen LogP) is 2.65. The average Bonchev–Trinajstić information content (AvgIpc) is 2.84. The highest BCUT2D eigenvalue weighted by molar-refractivity contribution is 7.09. The van der Waals surface area contributed by atoms with Crippen LogP contribution in [0.2, 0.25) is 0 Å². The van der Waals surface area contributed by atoms with Gasteiger partial charge in [-0.25, -0.2) is 9.78 Å². The Labute approximate surface area is 131 Å². The first-order chi connectivity index (χ1) is 9.74. The number of carbonyl (C=O) groups excluding carboxylic acids is 1. The number of aliphatic hydroxyl groups is 1. The van der Waals surface area contributed by atoms with E-state index in [0.717, 1.165) is 10.7 Å². The van der Waals surface area contributed by atoms with Crippen LogP contribution in [-0.2, 0) is 12.0 Å². The molecule has 1 atom stereocenters. The number of hydrogen-bond donors (Lipinski definition) is 3. The maximum Gasteiger partial charge on any atom is 0.315 e. The van der Waals surface area contributed by atoms with Crippen molar-refractivity contribution in [2.45, 2.75) is 59.0 Å². The number of nitrogens with zero attached hydrogens (tertiary/aromatic N) is 1. The molecule has 0 fully saturated rings. The average molecular weight is 313 g/mol. The smallest absolute Gasteiger partial charge is 0.315 e. The number of urea groups is 1. The number of aliphatic hydroxyl groups excluding tert-OH is 1. The van der Waals surface area contributed by atoms with Crippen molar-refractivity contribution in [2.24, 2.45) is 5.92 Å². The van der Waals surface area contributed by atoms with Crippen molar-refractivity contribution in [1.82, 2.24) is 15.6 Å². The fourth-order valence-corrected chi connectivity index (χ4v) is 2.78. The monoisotopic (exact) mass is 313 g/mol. The summed E-state index contributed by atoms with van der Waals surface area (Å²) in [6, 6.07) is -0.230. The Balaban J connectivity index is 2.47. The molecule has 5 nitrogen and oxygen atoms in total. The zero-order chi connectivity index (χ0) is 16.0. The molecular formula is C15H27N3O2S. The molecule has 0 radical (unpaired) electrons. The molecule has 0 bridgehead atoms. The zero-order valence-electron chi connectivity index (χ0n) is 13.6. The van der Waals surface area contributed by atoms with E-state index in [4.69, 9.17) is 5.11 Å². The van der Waals surface area contributed by atoms with Gasteiger partial charge < -0.3 is 15.7 Å². The standard InChI is InChI=1S/C15H27N3O2S/c1-10(2)11(6-7-19)17-14(20)16-8-13-18-12(9-21-13)15(3,4)5/h9-11,19H,6-8H2,1-5H3,(H2,16,17,20). The van der Waals surface area contributed by atoms with Crippen LogP contribution in [0.15, 0.2) is 5.38 Å². The second-order valence-electron chi connectivity index (χ2n) is 6.57. The quantitative estimate of drug-likeness (QED) is 0.756. The maximum atomic E-state index is 11.9. The Bertz CT molecular complexity index is 452. The Morgan fingerprint density at radius 2 is 2.10 bits per heavy atom. The minimum Gasteiger partial charge on any atom is -0.396 e. The molecule has 0 spiro atoms. The lowest BCUT2D eigenvalue weighted by molar-refractivity contribution is 0.218. The van der Waals surface area contributed by atoms with E-state index in [9.17, 15) is 4.79 Å². The van der Waals surface area contributed by atoms with Crippen molar-refractivity contribution in [2.75, 3.05) is 6.61 Å². The van der Waals surface area contributed by atoms with Crippen molar-refractivity contribution < 1.29 is 9.90 Å². The largest absolute Gasteiger partial charge is 0.396 e. The molecule has 2 amide bonds. The highest BCUT2D eigenvalue weighted by Crippen LogP contribution is 2.23. The lowest BCUT2D eigenvalue weighted by atomic mass is 9.93. The van der Waals surface area contributed by atoms with E-state index in [1.165, 1.54) is 0 Å². The van der Waals surface area contributed by atoms with Gasteiger partial charge in [0, 0.05) is 23.4 Å². The maximum absolute atomic E-state index is 11.9. The first-order valence-electron chi connectivity index (χ1n) is 7.34. The normalized spacial score (nSPS) is 13.3. The van der Waals surface area contributed by atoms with Gasteiger partial charge in [0.25, 0.3) is 0 Å². The predicted molar refractivity (Wildman–Crippen MR) is 86.5 cm³/mol. The fraction of sp³-hybridized carbons (Fsp3) is 0.733. The van der Waals surface area contributed by atoms with Crippen molar-refractivity contribution in [3.05, 3.63) is 16.1 Å². The fourth-order valence-electron chi connectivity index (χ4n) is 1.82. The number of amides is 2. The summed E-state index contributed by atoms with van der Waals surface area (Å²) in [5.74, 6) is 0.287. The summed E-state index contributed by atoms with van der Waals surface area (Å²) in [7, 11) is 0. The molecule has 1 rings (SSSR count). The van der Waals surface area contributed by atoms with Gasteiger partial charge in [-0.05, 0) is 12.3 Å². The summed E-state index contributed by atoms with van der Waals surface area (Å²) in [5.41, 5.74) is 1.07. The highest BCUT2D eigenvalue weighted by Gasteiger charge is 2.18. The van der Waals surface area contributed by atoms with Crippen LogP contribution in [0.25, 0.3) is 0 Å². The van der Waals surface area contributed by atoms with E-state index in [-0.39, 0.29) is 30.0 Å². The second kappa shape index (κ2) is 7.75. The molecular weight excluding hydrogens is 286 g/mol. The summed E-state index contributed by atoms with van der Waals surface area (Å²) in [6.07, 6.45) is 0.566. The third-order valence-electron chi connectivity index (χ3n) is 3.28. The van der Waals surface area contributed by atoms with Crippen LogP contribution in [0.5, 0.6) is 0 Å². The number of nitrogens with one attached hydrogen (secondary N) is 2. The van der Waals surface area contributed by atoms with Crippen LogP contribution < -0.4 is 10.6 Å². The summed E-state index contributed by atoms with van der Waals surface area (Å²) < 4.78 is 0. The Morgan fingerprint density at radius 3 is 2.57 bits per heavy atom. The van der Waals surface area contributed by atoms with Gasteiger partial charge >= 0.3 is 6.03 Å². The van der Waals surface area contributed by atoms with Gasteiger partial charge in [0.05, 0.1) is 12.2 Å².